The number of aryl methyl sites for hydroxylation is 1. The third kappa shape index (κ3) is 7.93. The zero-order valence-corrected chi connectivity index (χ0v) is 28.9. The van der Waals surface area contributed by atoms with Gasteiger partial charge in [0, 0.05) is 13.0 Å². The largest absolute Gasteiger partial charge is 0.394 e. The normalized spacial score (nSPS) is 30.2. The van der Waals surface area contributed by atoms with Gasteiger partial charge in [-0.2, -0.15) is 5.10 Å². The van der Waals surface area contributed by atoms with E-state index >= 15 is 0 Å². The van der Waals surface area contributed by atoms with Gasteiger partial charge in [-0.25, -0.2) is 4.99 Å². The molecule has 2 aliphatic heterocycles. The molecule has 7 unspecified atom stereocenters. The molecule has 7 heteroatoms. The average molecular weight is 632 g/mol. The van der Waals surface area contributed by atoms with E-state index in [2.05, 4.69) is 77.7 Å². The van der Waals surface area contributed by atoms with Crippen LogP contribution in [0, 0.1) is 30.6 Å². The molecule has 6 nitrogen and oxygen atoms in total. The maximum Gasteiger partial charge on any atom is 0.0961 e. The van der Waals surface area contributed by atoms with Crippen molar-refractivity contribution in [1.29, 1.82) is 0 Å². The highest BCUT2D eigenvalue weighted by atomic mass is 32.2. The summed E-state index contributed by atoms with van der Waals surface area (Å²) in [6.07, 6.45) is 11.8. The van der Waals surface area contributed by atoms with E-state index in [-0.39, 0.29) is 24.5 Å². The number of benzene rings is 1. The molecule has 2 aliphatic carbocycles. The van der Waals surface area contributed by atoms with Crippen molar-refractivity contribution in [3.8, 4) is 0 Å². The number of likely N-dealkylation sites (N-methyl/N-ethyl adjacent to an activating group) is 1. The standard InChI is InChI=1S/C38H53N3O3S/c1-8-16-45-36-11-9-10-28-19-30(20-29-21-35(44-15-14-42)26(6)38(29)43)40-41(7)37(28)34(39-36)18-25(5)32-22-33(32)27-12-13-31(23(2)3)24(4)17-27/h9,11-13,17,19,25-26,29,32-33,35,38,42-43H,2,8,10,14-16,18,20-22H2,1,3-7H3/b11-9?,37-34+,39-36?. The molecule has 2 heterocycles. The zero-order valence-electron chi connectivity index (χ0n) is 28.1. The Kier molecular flexibility index (Phi) is 11.3. The van der Waals surface area contributed by atoms with E-state index in [9.17, 15) is 10.2 Å². The number of hydrogen-bond acceptors (Lipinski definition) is 7. The molecule has 2 N–H and O–H groups in total. The first-order chi connectivity index (χ1) is 21.6. The summed E-state index contributed by atoms with van der Waals surface area (Å²) in [7, 11) is 2.05. The minimum Gasteiger partial charge on any atom is -0.394 e. The molecule has 2 fully saturated rings. The van der Waals surface area contributed by atoms with Crippen LogP contribution in [-0.4, -0.2) is 64.2 Å². The van der Waals surface area contributed by atoms with Crippen LogP contribution in [0.5, 0.6) is 0 Å². The van der Waals surface area contributed by atoms with E-state index in [1.807, 2.05) is 23.7 Å². The quantitative estimate of drug-likeness (QED) is 0.245. The summed E-state index contributed by atoms with van der Waals surface area (Å²) in [4.78, 5) is 5.32. The van der Waals surface area contributed by atoms with Crippen molar-refractivity contribution in [1.82, 2.24) is 5.01 Å². The van der Waals surface area contributed by atoms with Crippen LogP contribution in [0.4, 0.5) is 0 Å². The highest BCUT2D eigenvalue weighted by Gasteiger charge is 2.43. The number of aliphatic hydroxyl groups is 2. The molecular weight excluding hydrogens is 579 g/mol. The van der Waals surface area contributed by atoms with E-state index in [1.54, 1.807) is 0 Å². The van der Waals surface area contributed by atoms with Gasteiger partial charge in [0.2, 0.25) is 0 Å². The van der Waals surface area contributed by atoms with Crippen LogP contribution in [0.25, 0.3) is 5.57 Å². The lowest BCUT2D eigenvalue weighted by atomic mass is 9.91. The van der Waals surface area contributed by atoms with Gasteiger partial charge < -0.3 is 14.9 Å². The van der Waals surface area contributed by atoms with Gasteiger partial charge in [0.15, 0.2) is 0 Å². The Bertz CT molecular complexity index is 1410. The molecule has 4 aliphatic rings. The van der Waals surface area contributed by atoms with Gasteiger partial charge >= 0.3 is 0 Å². The van der Waals surface area contributed by atoms with Gasteiger partial charge in [-0.15, -0.1) is 11.8 Å². The maximum absolute atomic E-state index is 11.0. The van der Waals surface area contributed by atoms with Crippen LogP contribution in [0.15, 0.2) is 70.1 Å². The Balaban J connectivity index is 1.37. The smallest absolute Gasteiger partial charge is 0.0961 e. The first-order valence-electron chi connectivity index (χ1n) is 16.9. The number of aliphatic hydroxyl groups excluding tert-OH is 2. The lowest BCUT2D eigenvalue weighted by Gasteiger charge is -2.30. The van der Waals surface area contributed by atoms with Crippen LogP contribution in [0.1, 0.15) is 88.8 Å². The number of aliphatic imine (C=N–C) groups is 1. The van der Waals surface area contributed by atoms with Gasteiger partial charge in [-0.3, -0.25) is 5.01 Å². The lowest BCUT2D eigenvalue weighted by Crippen LogP contribution is -2.27. The minimum absolute atomic E-state index is 0.00192. The highest BCUT2D eigenvalue weighted by molar-refractivity contribution is 8.14. The molecule has 244 valence electrons. The molecule has 0 radical (unpaired) electrons. The van der Waals surface area contributed by atoms with Gasteiger partial charge in [-0.05, 0) is 116 Å². The Labute approximate surface area is 275 Å². The molecule has 0 spiro atoms. The number of fused-ring (bicyclic) bond motifs is 1. The van der Waals surface area contributed by atoms with Crippen LogP contribution in [0.3, 0.4) is 0 Å². The first-order valence-corrected chi connectivity index (χ1v) is 17.9. The molecule has 5 rings (SSSR count). The second-order valence-electron chi connectivity index (χ2n) is 13.7. The van der Waals surface area contributed by atoms with Gasteiger partial charge in [0.05, 0.1) is 47.6 Å². The predicted molar refractivity (Wildman–Crippen MR) is 189 cm³/mol. The average Bonchev–Trinajstić information content (AvgIpc) is 3.75. The third-order valence-electron chi connectivity index (χ3n) is 10.1. The van der Waals surface area contributed by atoms with Crippen molar-refractivity contribution in [3.05, 3.63) is 76.7 Å². The number of rotatable bonds is 12. The first kappa shape index (κ1) is 33.9. The second kappa shape index (κ2) is 15.0. The number of thioether (sulfide) groups is 1. The lowest BCUT2D eigenvalue weighted by molar-refractivity contribution is -0.00631. The molecule has 0 saturated heterocycles. The summed E-state index contributed by atoms with van der Waals surface area (Å²) in [5.41, 5.74) is 9.66. The van der Waals surface area contributed by atoms with Crippen LogP contribution in [-0.2, 0) is 4.74 Å². The van der Waals surface area contributed by atoms with Crippen molar-refractivity contribution >= 4 is 28.1 Å². The van der Waals surface area contributed by atoms with E-state index in [0.717, 1.165) is 59.2 Å². The van der Waals surface area contributed by atoms with Gasteiger partial charge in [0.25, 0.3) is 0 Å². The van der Waals surface area contributed by atoms with Crippen LogP contribution in [0.2, 0.25) is 0 Å². The molecule has 2 saturated carbocycles. The summed E-state index contributed by atoms with van der Waals surface area (Å²) >= 11 is 1.84. The Hall–Kier alpha value is -2.45. The number of hydrazone groups is 1. The zero-order chi connectivity index (χ0) is 32.2. The summed E-state index contributed by atoms with van der Waals surface area (Å²) in [5.74, 6) is 2.91. The number of nitrogens with zero attached hydrogens (tertiary/aromatic N) is 3. The second-order valence-corrected chi connectivity index (χ2v) is 14.8. The highest BCUT2D eigenvalue weighted by Crippen LogP contribution is 2.54. The summed E-state index contributed by atoms with van der Waals surface area (Å²) < 4.78 is 5.85. The number of allylic oxidation sites excluding steroid dienone is 5. The molecule has 7 atom stereocenters. The molecule has 0 aromatic heterocycles. The third-order valence-corrected chi connectivity index (χ3v) is 11.2. The van der Waals surface area contributed by atoms with E-state index in [0.29, 0.717) is 30.8 Å². The maximum atomic E-state index is 11.0. The van der Waals surface area contributed by atoms with Gasteiger partial charge in [-0.1, -0.05) is 57.2 Å². The molecule has 1 aromatic rings. The fourth-order valence-electron chi connectivity index (χ4n) is 7.59. The van der Waals surface area contributed by atoms with E-state index < -0.39 is 6.10 Å². The Morgan fingerprint density at radius 2 is 2.07 bits per heavy atom. The molecule has 0 amide bonds. The fourth-order valence-corrected chi connectivity index (χ4v) is 8.37. The molecule has 45 heavy (non-hydrogen) atoms. The van der Waals surface area contributed by atoms with Crippen molar-refractivity contribution in [2.24, 2.45) is 33.8 Å². The van der Waals surface area contributed by atoms with Gasteiger partial charge in [0.1, 0.15) is 0 Å². The number of hydrogen-bond donors (Lipinski definition) is 2. The minimum atomic E-state index is -0.444. The fraction of sp³-hybridized carbons (Fsp3) is 0.579. The molecule has 1 aromatic carbocycles. The summed E-state index contributed by atoms with van der Waals surface area (Å²) in [6.45, 7) is 15.4. The Morgan fingerprint density at radius 1 is 1.27 bits per heavy atom. The van der Waals surface area contributed by atoms with Crippen molar-refractivity contribution in [2.45, 2.75) is 91.3 Å². The predicted octanol–water partition coefficient (Wildman–Crippen LogP) is 7.88. The SMILES string of the molecule is C=C(C)c1ccc(C2CC2C(C)C/C2=C3/C(=CC(CC4CC(OCCO)C(C)C4O)=NN3C)CC=CC(SCCC)=N2)cc1C. The number of ether oxygens (including phenoxy) is 1. The summed E-state index contributed by atoms with van der Waals surface area (Å²) in [6, 6.07) is 6.93. The van der Waals surface area contributed by atoms with Crippen LogP contribution >= 0.6 is 11.8 Å². The van der Waals surface area contributed by atoms with Crippen molar-refractivity contribution < 1.29 is 14.9 Å². The van der Waals surface area contributed by atoms with Crippen LogP contribution < -0.4 is 0 Å². The topological polar surface area (TPSA) is 77.6 Å². The Morgan fingerprint density at radius 3 is 2.78 bits per heavy atom. The summed E-state index contributed by atoms with van der Waals surface area (Å²) in [5, 5.41) is 28.4. The van der Waals surface area contributed by atoms with E-state index in [1.165, 1.54) is 28.7 Å². The monoisotopic (exact) mass is 631 g/mol. The molecular formula is C38H53N3O3S. The molecule has 0 bridgehead atoms. The van der Waals surface area contributed by atoms with E-state index in [4.69, 9.17) is 14.8 Å². The van der Waals surface area contributed by atoms with Crippen molar-refractivity contribution in [3.63, 3.8) is 0 Å². The van der Waals surface area contributed by atoms with Crippen molar-refractivity contribution in [2.75, 3.05) is 26.0 Å².